The number of carbonyl (C=O) groups is 1. The normalized spacial score (nSPS) is 13.9. The molecule has 2 heterocycles. The Morgan fingerprint density at radius 1 is 1.16 bits per heavy atom. The Balaban J connectivity index is 1.48. The average molecular weight is 427 g/mol. The standard InChI is InChI=1S/C21H19F2N5O3/c1-24-20-25-9-8-14(28-20)11-26-16-5-3-2-4-15(16)19(29)27-13-6-7-17-18(10-13)31-21(22,23)12-30-17/h2-10,26H,11-12H2,1H3,(H,27,29)(H,24,25,28). The molecule has 10 heteroatoms. The Morgan fingerprint density at radius 2 is 2.00 bits per heavy atom. The lowest BCUT2D eigenvalue weighted by molar-refractivity contribution is -0.208. The number of hydrogen-bond acceptors (Lipinski definition) is 7. The molecule has 160 valence electrons. The van der Waals surface area contributed by atoms with E-state index < -0.39 is 18.6 Å². The molecule has 3 N–H and O–H groups in total. The Morgan fingerprint density at radius 3 is 2.84 bits per heavy atom. The molecule has 0 radical (unpaired) electrons. The van der Waals surface area contributed by atoms with Gasteiger partial charge in [-0.1, -0.05) is 12.1 Å². The molecule has 0 saturated heterocycles. The first-order valence-corrected chi connectivity index (χ1v) is 9.41. The summed E-state index contributed by atoms with van der Waals surface area (Å²) in [6.07, 6.45) is -1.78. The van der Waals surface area contributed by atoms with Crippen molar-refractivity contribution in [3.63, 3.8) is 0 Å². The number of aromatic nitrogens is 2. The summed E-state index contributed by atoms with van der Waals surface area (Å²) < 4.78 is 36.4. The van der Waals surface area contributed by atoms with Crippen LogP contribution in [0.1, 0.15) is 16.1 Å². The average Bonchev–Trinajstić information content (AvgIpc) is 2.77. The third-order valence-corrected chi connectivity index (χ3v) is 4.43. The fraction of sp³-hybridized carbons (Fsp3) is 0.190. The topological polar surface area (TPSA) is 97.4 Å². The van der Waals surface area contributed by atoms with Gasteiger partial charge in [-0.2, -0.15) is 8.78 Å². The zero-order valence-electron chi connectivity index (χ0n) is 16.5. The summed E-state index contributed by atoms with van der Waals surface area (Å²) in [6, 6.07) is 13.0. The molecule has 0 spiro atoms. The van der Waals surface area contributed by atoms with Crippen molar-refractivity contribution in [3.05, 3.63) is 66.0 Å². The number of fused-ring (bicyclic) bond motifs is 1. The van der Waals surface area contributed by atoms with Crippen molar-refractivity contribution in [3.8, 4) is 11.5 Å². The second-order valence-corrected chi connectivity index (χ2v) is 6.66. The van der Waals surface area contributed by atoms with E-state index in [1.807, 2.05) is 0 Å². The first-order valence-electron chi connectivity index (χ1n) is 9.41. The first-order chi connectivity index (χ1) is 14.9. The van der Waals surface area contributed by atoms with Crippen molar-refractivity contribution < 1.29 is 23.0 Å². The fourth-order valence-corrected chi connectivity index (χ4v) is 2.97. The molecule has 4 rings (SSSR count). The van der Waals surface area contributed by atoms with E-state index in [2.05, 4.69) is 30.7 Å². The Bertz CT molecular complexity index is 1110. The summed E-state index contributed by atoms with van der Waals surface area (Å²) in [5, 5.41) is 8.75. The number of nitrogens with zero attached hydrogens (tertiary/aromatic N) is 2. The van der Waals surface area contributed by atoms with Gasteiger partial charge in [0.2, 0.25) is 5.95 Å². The molecule has 1 amide bonds. The molecule has 0 bridgehead atoms. The first kappa shape index (κ1) is 20.3. The maximum atomic E-state index is 13.4. The SMILES string of the molecule is CNc1nccc(CNc2ccccc2C(=O)Nc2ccc3c(c2)OC(F)(F)CO3)n1. The van der Waals surface area contributed by atoms with Crippen LogP contribution in [-0.4, -0.2) is 35.6 Å². The van der Waals surface area contributed by atoms with Crippen LogP contribution in [0.4, 0.5) is 26.1 Å². The smallest absolute Gasteiger partial charge is 0.433 e. The highest BCUT2D eigenvalue weighted by Gasteiger charge is 2.38. The van der Waals surface area contributed by atoms with E-state index in [1.54, 1.807) is 49.6 Å². The van der Waals surface area contributed by atoms with Gasteiger partial charge in [0.15, 0.2) is 18.1 Å². The molecule has 0 unspecified atom stereocenters. The fourth-order valence-electron chi connectivity index (χ4n) is 2.97. The van der Waals surface area contributed by atoms with Crippen LogP contribution in [0.2, 0.25) is 0 Å². The highest BCUT2D eigenvalue weighted by atomic mass is 19.3. The van der Waals surface area contributed by atoms with E-state index in [0.29, 0.717) is 29.4 Å². The van der Waals surface area contributed by atoms with Crippen molar-refractivity contribution in [2.24, 2.45) is 0 Å². The second-order valence-electron chi connectivity index (χ2n) is 6.66. The van der Waals surface area contributed by atoms with Gasteiger partial charge < -0.3 is 25.4 Å². The summed E-state index contributed by atoms with van der Waals surface area (Å²) in [6.45, 7) is -0.479. The van der Waals surface area contributed by atoms with Crippen LogP contribution < -0.4 is 25.4 Å². The van der Waals surface area contributed by atoms with Crippen LogP contribution in [0.5, 0.6) is 11.5 Å². The molecular formula is C21H19F2N5O3. The van der Waals surface area contributed by atoms with Gasteiger partial charge in [0.05, 0.1) is 17.8 Å². The van der Waals surface area contributed by atoms with Crippen molar-refractivity contribution in [2.75, 3.05) is 29.6 Å². The molecule has 2 aromatic carbocycles. The van der Waals surface area contributed by atoms with Crippen molar-refractivity contribution in [1.82, 2.24) is 9.97 Å². The van der Waals surface area contributed by atoms with Crippen LogP contribution in [0.3, 0.4) is 0 Å². The number of halogens is 2. The highest BCUT2D eigenvalue weighted by molar-refractivity contribution is 6.08. The highest BCUT2D eigenvalue weighted by Crippen LogP contribution is 2.38. The molecule has 0 aliphatic carbocycles. The van der Waals surface area contributed by atoms with Gasteiger partial charge >= 0.3 is 6.11 Å². The van der Waals surface area contributed by atoms with Gasteiger partial charge in [-0.3, -0.25) is 4.79 Å². The van der Waals surface area contributed by atoms with Gasteiger partial charge in [-0.25, -0.2) is 9.97 Å². The number of nitrogens with one attached hydrogen (secondary N) is 3. The van der Waals surface area contributed by atoms with E-state index in [4.69, 9.17) is 4.74 Å². The molecule has 8 nitrogen and oxygen atoms in total. The lowest BCUT2D eigenvalue weighted by Crippen LogP contribution is -2.35. The van der Waals surface area contributed by atoms with E-state index >= 15 is 0 Å². The zero-order valence-corrected chi connectivity index (χ0v) is 16.5. The lowest BCUT2D eigenvalue weighted by Gasteiger charge is -2.25. The summed E-state index contributed by atoms with van der Waals surface area (Å²) in [7, 11) is 1.73. The van der Waals surface area contributed by atoms with Gasteiger partial charge in [-0.05, 0) is 30.3 Å². The minimum Gasteiger partial charge on any atom is -0.479 e. The molecular weight excluding hydrogens is 408 g/mol. The van der Waals surface area contributed by atoms with Gasteiger partial charge in [0.25, 0.3) is 5.91 Å². The number of para-hydroxylation sites is 1. The lowest BCUT2D eigenvalue weighted by atomic mass is 10.1. The number of carbonyl (C=O) groups excluding carboxylic acids is 1. The summed E-state index contributed by atoms with van der Waals surface area (Å²) >= 11 is 0. The van der Waals surface area contributed by atoms with Gasteiger partial charge in [-0.15, -0.1) is 0 Å². The number of rotatable bonds is 6. The number of amides is 1. The van der Waals surface area contributed by atoms with E-state index in [9.17, 15) is 13.6 Å². The molecule has 1 aromatic heterocycles. The van der Waals surface area contributed by atoms with Crippen LogP contribution in [0, 0.1) is 0 Å². The third-order valence-electron chi connectivity index (χ3n) is 4.43. The predicted octanol–water partition coefficient (Wildman–Crippen LogP) is 3.75. The van der Waals surface area contributed by atoms with Crippen LogP contribution >= 0.6 is 0 Å². The summed E-state index contributed by atoms with van der Waals surface area (Å²) in [5.74, 6) is 0.140. The predicted molar refractivity (Wildman–Crippen MR) is 111 cm³/mol. The van der Waals surface area contributed by atoms with Crippen molar-refractivity contribution >= 4 is 23.2 Å². The molecule has 0 fully saturated rings. The van der Waals surface area contributed by atoms with Crippen LogP contribution in [0.25, 0.3) is 0 Å². The third kappa shape index (κ3) is 4.80. The number of ether oxygens (including phenoxy) is 2. The number of anilines is 3. The Hall–Kier alpha value is -3.95. The number of benzene rings is 2. The second kappa shape index (κ2) is 8.42. The Labute approximate surface area is 176 Å². The molecule has 3 aromatic rings. The monoisotopic (exact) mass is 427 g/mol. The van der Waals surface area contributed by atoms with Gasteiger partial charge in [0.1, 0.15) is 0 Å². The van der Waals surface area contributed by atoms with E-state index in [1.165, 1.54) is 12.1 Å². The number of alkyl halides is 2. The quantitative estimate of drug-likeness (QED) is 0.551. The van der Waals surface area contributed by atoms with E-state index in [0.717, 1.165) is 5.69 Å². The van der Waals surface area contributed by atoms with Crippen molar-refractivity contribution in [1.29, 1.82) is 0 Å². The molecule has 31 heavy (non-hydrogen) atoms. The van der Waals surface area contributed by atoms with Crippen LogP contribution in [-0.2, 0) is 6.54 Å². The maximum Gasteiger partial charge on any atom is 0.433 e. The number of hydrogen-bond donors (Lipinski definition) is 3. The molecule has 0 atom stereocenters. The van der Waals surface area contributed by atoms with Crippen LogP contribution in [0.15, 0.2) is 54.7 Å². The van der Waals surface area contributed by atoms with Crippen molar-refractivity contribution in [2.45, 2.75) is 12.7 Å². The minimum atomic E-state index is -3.42. The van der Waals surface area contributed by atoms with Gasteiger partial charge in [0, 0.05) is 30.7 Å². The molecule has 1 aliphatic heterocycles. The van der Waals surface area contributed by atoms with E-state index in [-0.39, 0.29) is 11.5 Å². The molecule has 1 aliphatic rings. The Kier molecular flexibility index (Phi) is 5.52. The minimum absolute atomic E-state index is 0.135. The maximum absolute atomic E-state index is 13.4. The molecule has 0 saturated carbocycles. The largest absolute Gasteiger partial charge is 0.479 e. The zero-order chi connectivity index (χ0) is 21.8. The summed E-state index contributed by atoms with van der Waals surface area (Å²) in [4.78, 5) is 21.2. The summed E-state index contributed by atoms with van der Waals surface area (Å²) in [5.41, 5.74) is 2.01.